The third kappa shape index (κ3) is 14.8. The lowest BCUT2D eigenvalue weighted by Crippen LogP contribution is -2.19. The van der Waals surface area contributed by atoms with E-state index in [1.54, 1.807) is 24.8 Å². The van der Waals surface area contributed by atoms with Crippen molar-refractivity contribution in [3.8, 4) is 0 Å². The number of hydrogen-bond donors (Lipinski definition) is 2. The lowest BCUT2D eigenvalue weighted by atomic mass is 10.4. The van der Waals surface area contributed by atoms with E-state index >= 15 is 0 Å². The molecular formula is C20H26Cl2N8O4S2. The topological polar surface area (TPSA) is 153 Å². The molecule has 0 spiro atoms. The number of thiol groups is 1. The zero-order chi connectivity index (χ0) is 26.9. The molecule has 0 atom stereocenters. The van der Waals surface area contributed by atoms with E-state index < -0.39 is 9.85 Å². The average Bonchev–Trinajstić information content (AvgIpc) is 3.22. The third-order valence-electron chi connectivity index (χ3n) is 3.96. The molecule has 3 rings (SSSR count). The van der Waals surface area contributed by atoms with Gasteiger partial charge in [0.25, 0.3) is 12.4 Å². The lowest BCUT2D eigenvalue weighted by Gasteiger charge is -2.16. The largest absolute Gasteiger partial charge is 0.355 e. The molecule has 1 aliphatic rings. The second-order valence-corrected chi connectivity index (χ2v) is 9.50. The van der Waals surface area contributed by atoms with Gasteiger partial charge in [0.1, 0.15) is 5.03 Å². The summed E-state index contributed by atoms with van der Waals surface area (Å²) >= 11 is 15.3. The predicted molar refractivity (Wildman–Crippen MR) is 144 cm³/mol. The number of aryl methyl sites for hydroxylation is 2. The quantitative estimate of drug-likeness (QED) is 0.204. The van der Waals surface area contributed by atoms with Crippen molar-refractivity contribution in [2.75, 3.05) is 24.6 Å². The van der Waals surface area contributed by atoms with Crippen LogP contribution in [-0.4, -0.2) is 59.3 Å². The van der Waals surface area contributed by atoms with Crippen LogP contribution < -0.4 is 5.32 Å². The Kier molecular flexibility index (Phi) is 15.6. The van der Waals surface area contributed by atoms with Crippen LogP contribution in [0.1, 0.15) is 22.8 Å². The van der Waals surface area contributed by atoms with Gasteiger partial charge in [0.2, 0.25) is 0 Å². The lowest BCUT2D eigenvalue weighted by molar-refractivity contribution is -0.403. The van der Waals surface area contributed by atoms with Crippen molar-refractivity contribution < 1.29 is 9.85 Å². The number of nitrogens with zero attached hydrogens (tertiary/aromatic N) is 7. The smallest absolute Gasteiger partial charge is 0.264 e. The number of nitrogens with one attached hydrogen (secondary N) is 1. The Morgan fingerprint density at radius 1 is 1.08 bits per heavy atom. The van der Waals surface area contributed by atoms with Crippen LogP contribution >= 0.6 is 47.6 Å². The molecule has 3 heterocycles. The van der Waals surface area contributed by atoms with Crippen LogP contribution in [0.2, 0.25) is 0 Å². The second kappa shape index (κ2) is 17.8. The van der Waals surface area contributed by atoms with Gasteiger partial charge in [-0.05, 0) is 13.8 Å². The minimum Gasteiger partial charge on any atom is -0.355 e. The molecule has 0 aromatic carbocycles. The molecule has 12 nitrogen and oxygen atoms in total. The molecule has 0 bridgehead atoms. The number of halogens is 2. The molecule has 1 saturated heterocycles. The van der Waals surface area contributed by atoms with Crippen LogP contribution in [0, 0.1) is 34.1 Å². The van der Waals surface area contributed by atoms with Crippen molar-refractivity contribution in [2.45, 2.75) is 26.9 Å². The van der Waals surface area contributed by atoms with Gasteiger partial charge in [0.15, 0.2) is 4.49 Å². The first-order valence-electron chi connectivity index (χ1n) is 10.4. The summed E-state index contributed by atoms with van der Waals surface area (Å²) in [7, 11) is 0. The molecule has 1 fully saturated rings. The van der Waals surface area contributed by atoms with Crippen molar-refractivity contribution in [3.63, 3.8) is 0 Å². The fourth-order valence-corrected chi connectivity index (χ4v) is 3.75. The SMILES string of the molecule is Cc1cnc(CN2CCS/C2=C\[N+](=O)[O-])cn1.Cc1cnc(CNCCS)cn1.O=[N+]([O-])C=C(Cl)Cl. The molecule has 16 heteroatoms. The Balaban J connectivity index is 0.000000298. The van der Waals surface area contributed by atoms with Gasteiger partial charge in [0, 0.05) is 49.7 Å². The average molecular weight is 578 g/mol. The Morgan fingerprint density at radius 3 is 2.14 bits per heavy atom. The van der Waals surface area contributed by atoms with Gasteiger partial charge < -0.3 is 10.2 Å². The summed E-state index contributed by atoms with van der Waals surface area (Å²) in [5.74, 6) is 1.72. The molecule has 0 aliphatic carbocycles. The van der Waals surface area contributed by atoms with Crippen LogP contribution in [-0.2, 0) is 13.1 Å². The molecule has 0 amide bonds. The highest BCUT2D eigenvalue weighted by Gasteiger charge is 2.21. The molecular weight excluding hydrogens is 551 g/mol. The van der Waals surface area contributed by atoms with Gasteiger partial charge in [-0.2, -0.15) is 12.6 Å². The van der Waals surface area contributed by atoms with Crippen molar-refractivity contribution in [2.24, 2.45) is 0 Å². The van der Waals surface area contributed by atoms with Gasteiger partial charge in [0.05, 0.1) is 45.4 Å². The summed E-state index contributed by atoms with van der Waals surface area (Å²) in [5.41, 5.74) is 3.62. The summed E-state index contributed by atoms with van der Waals surface area (Å²) < 4.78 is -0.343. The Hall–Kier alpha value is -2.52. The van der Waals surface area contributed by atoms with E-state index in [4.69, 9.17) is 23.2 Å². The summed E-state index contributed by atoms with van der Waals surface area (Å²) in [4.78, 5) is 37.4. The van der Waals surface area contributed by atoms with Crippen LogP contribution in [0.4, 0.5) is 0 Å². The summed E-state index contributed by atoms with van der Waals surface area (Å²) in [6.07, 6.45) is 8.54. The molecule has 0 unspecified atom stereocenters. The molecule has 196 valence electrons. The van der Waals surface area contributed by atoms with Gasteiger partial charge in [-0.1, -0.05) is 23.2 Å². The highest BCUT2D eigenvalue weighted by atomic mass is 35.5. The molecule has 1 N–H and O–H groups in total. The van der Waals surface area contributed by atoms with E-state index in [9.17, 15) is 20.2 Å². The summed E-state index contributed by atoms with van der Waals surface area (Å²) in [6.45, 7) is 6.85. The summed E-state index contributed by atoms with van der Waals surface area (Å²) in [6, 6.07) is 0. The maximum atomic E-state index is 10.5. The van der Waals surface area contributed by atoms with E-state index in [0.29, 0.717) is 17.8 Å². The van der Waals surface area contributed by atoms with Gasteiger partial charge in [-0.25, -0.2) is 0 Å². The van der Waals surface area contributed by atoms with Crippen LogP contribution in [0.25, 0.3) is 0 Å². The highest BCUT2D eigenvalue weighted by Crippen LogP contribution is 2.28. The first-order chi connectivity index (χ1) is 17.1. The van der Waals surface area contributed by atoms with Crippen molar-refractivity contribution >= 4 is 47.6 Å². The molecule has 2 aromatic heterocycles. The minimum atomic E-state index is -0.727. The minimum absolute atomic E-state index is 0.343. The van der Waals surface area contributed by atoms with Crippen molar-refractivity contribution in [1.29, 1.82) is 0 Å². The zero-order valence-corrected chi connectivity index (χ0v) is 22.8. The van der Waals surface area contributed by atoms with E-state index in [0.717, 1.165) is 60.1 Å². The van der Waals surface area contributed by atoms with Crippen LogP contribution in [0.3, 0.4) is 0 Å². The van der Waals surface area contributed by atoms with Gasteiger partial charge in [-0.15, -0.1) is 11.8 Å². The third-order valence-corrected chi connectivity index (χ3v) is 5.42. The second-order valence-electron chi connectivity index (χ2n) is 6.93. The number of rotatable bonds is 8. The fourth-order valence-electron chi connectivity index (χ4n) is 2.41. The molecule has 0 radical (unpaired) electrons. The van der Waals surface area contributed by atoms with E-state index in [1.807, 2.05) is 18.7 Å². The summed E-state index contributed by atoms with van der Waals surface area (Å²) in [5, 5.41) is 23.7. The van der Waals surface area contributed by atoms with E-state index in [-0.39, 0.29) is 4.49 Å². The Morgan fingerprint density at radius 2 is 1.69 bits per heavy atom. The van der Waals surface area contributed by atoms with Gasteiger partial charge in [-0.3, -0.25) is 40.2 Å². The number of thioether (sulfide) groups is 1. The van der Waals surface area contributed by atoms with Crippen LogP contribution in [0.5, 0.6) is 0 Å². The predicted octanol–water partition coefficient (Wildman–Crippen LogP) is 3.75. The van der Waals surface area contributed by atoms with Crippen LogP contribution in [0.15, 0.2) is 46.7 Å². The first-order valence-corrected chi connectivity index (χ1v) is 12.7. The maximum Gasteiger partial charge on any atom is 0.264 e. The van der Waals surface area contributed by atoms with Crippen molar-refractivity contribution in [3.05, 3.63) is 89.7 Å². The molecule has 36 heavy (non-hydrogen) atoms. The fraction of sp³-hybridized carbons (Fsp3) is 0.400. The number of hydrogen-bond acceptors (Lipinski definition) is 12. The number of nitro groups is 2. The highest BCUT2D eigenvalue weighted by molar-refractivity contribution is 8.03. The Labute approximate surface area is 228 Å². The molecule has 1 aliphatic heterocycles. The molecule has 0 saturated carbocycles. The van der Waals surface area contributed by atoms with E-state index in [1.165, 1.54) is 11.8 Å². The molecule has 2 aromatic rings. The number of aromatic nitrogens is 4. The van der Waals surface area contributed by atoms with E-state index in [2.05, 4.69) is 37.9 Å². The first kappa shape index (κ1) is 31.5. The standard InChI is InChI=1S/C10H12N4O2S.C8H13N3S.C2HCl2NO2/c1-8-4-12-9(5-11-8)6-13-2-3-17-10(13)7-14(15)16;1-7-4-11-8(6-10-7)5-9-2-3-12;3-2(4)1-5(6)7/h4-5,7H,2-3,6H2,1H3;4,6,9,12H,2-3,5H2,1H3;1H/b10-7-;;. The zero-order valence-electron chi connectivity index (χ0n) is 19.6. The monoisotopic (exact) mass is 576 g/mol. The van der Waals surface area contributed by atoms with Crippen molar-refractivity contribution in [1.82, 2.24) is 30.2 Å². The maximum absolute atomic E-state index is 10.5. The Bertz CT molecular complexity index is 1020. The van der Waals surface area contributed by atoms with Gasteiger partial charge >= 0.3 is 0 Å². The normalized spacial score (nSPS) is 13.2.